The minimum atomic E-state index is -0.860. The Bertz CT molecular complexity index is 2740. The average Bonchev–Trinajstić information content (AvgIpc) is 3.73. The van der Waals surface area contributed by atoms with Crippen molar-refractivity contribution in [2.75, 3.05) is 62.0 Å². The molecule has 1 N–H and O–H groups in total. The predicted molar refractivity (Wildman–Crippen MR) is 246 cm³/mol. The minimum Gasteiger partial charge on any atom is -0.502 e. The van der Waals surface area contributed by atoms with Crippen molar-refractivity contribution < 1.29 is 33.8 Å². The van der Waals surface area contributed by atoms with Gasteiger partial charge in [0, 0.05) is 45.5 Å². The lowest BCUT2D eigenvalue weighted by atomic mass is 9.57. The fraction of sp³-hybridized carbons (Fsp3) is 0.280. The molecule has 5 aromatic carbocycles. The first kappa shape index (κ1) is 42.6. The predicted octanol–water partition coefficient (Wildman–Crippen LogP) is 9.42. The number of nitrogens with zero attached hydrogens (tertiary/aromatic N) is 8. The van der Waals surface area contributed by atoms with Crippen LogP contribution in [0.15, 0.2) is 141 Å². The highest BCUT2D eigenvalue weighted by Gasteiger charge is 2.62. The second kappa shape index (κ2) is 17.1. The van der Waals surface area contributed by atoms with E-state index in [2.05, 4.69) is 20.5 Å². The summed E-state index contributed by atoms with van der Waals surface area (Å²) in [4.78, 5) is 64.9. The van der Waals surface area contributed by atoms with E-state index in [1.807, 2.05) is 92.6 Å². The molecule has 0 spiro atoms. The summed E-state index contributed by atoms with van der Waals surface area (Å²) in [5.74, 6) is -5.84. The lowest BCUT2D eigenvalue weighted by Crippen LogP contribution is -2.43. The van der Waals surface area contributed by atoms with Gasteiger partial charge in [-0.3, -0.25) is 29.0 Å². The maximum Gasteiger partial charge on any atom is 0.238 e. The maximum absolute atomic E-state index is 14.8. The summed E-state index contributed by atoms with van der Waals surface area (Å²) in [6.07, 6.45) is 2.41. The van der Waals surface area contributed by atoms with Crippen molar-refractivity contribution in [2.45, 2.75) is 18.8 Å². The molecule has 15 heteroatoms. The molecule has 0 aromatic heterocycles. The molecule has 2 saturated heterocycles. The SMILES string of the molecule is COc1cc(C2C3=CCC4C(=O)N(c5ccc(N=Nc6ccc(N(C)C)cc6)cc5)C(=O)C4C3CC3C(=O)N(c4ccc(N=Nc5ccc(N(C)C)cc5)cc4)C(=O)C32)cc(OC)c1O. The van der Waals surface area contributed by atoms with Gasteiger partial charge in [0.25, 0.3) is 0 Å². The first-order valence-electron chi connectivity index (χ1n) is 21.4. The number of hydrogen-bond acceptors (Lipinski definition) is 13. The normalized spacial score (nSPS) is 22.6. The van der Waals surface area contributed by atoms with Crippen LogP contribution >= 0.6 is 0 Å². The number of imide groups is 2. The number of amides is 4. The number of rotatable bonds is 11. The minimum absolute atomic E-state index is 0.128. The summed E-state index contributed by atoms with van der Waals surface area (Å²) >= 11 is 0. The molecule has 2 aliphatic heterocycles. The van der Waals surface area contributed by atoms with Gasteiger partial charge in [-0.15, -0.1) is 0 Å². The number of phenols is 1. The van der Waals surface area contributed by atoms with Crippen molar-refractivity contribution in [2.24, 2.45) is 50.0 Å². The van der Waals surface area contributed by atoms with Crippen molar-refractivity contribution in [3.8, 4) is 17.2 Å². The van der Waals surface area contributed by atoms with Crippen molar-refractivity contribution in [3.05, 3.63) is 126 Å². The Labute approximate surface area is 376 Å². The number of azo groups is 2. The van der Waals surface area contributed by atoms with Crippen molar-refractivity contribution >= 4 is 69.1 Å². The highest BCUT2D eigenvalue weighted by atomic mass is 16.5. The molecule has 6 atom stereocenters. The van der Waals surface area contributed by atoms with Crippen LogP contribution in [-0.2, 0) is 19.2 Å². The summed E-state index contributed by atoms with van der Waals surface area (Å²) in [6.45, 7) is 0. The zero-order chi connectivity index (χ0) is 45.7. The number of anilines is 4. The van der Waals surface area contributed by atoms with Gasteiger partial charge in [0.05, 0.1) is 72.0 Å². The number of hydrogen-bond donors (Lipinski definition) is 1. The molecule has 2 heterocycles. The number of carbonyl (C=O) groups is 4. The third-order valence-electron chi connectivity index (χ3n) is 13.0. The van der Waals surface area contributed by atoms with E-state index in [0.717, 1.165) is 16.9 Å². The van der Waals surface area contributed by atoms with Crippen LogP contribution in [0.4, 0.5) is 45.5 Å². The summed E-state index contributed by atoms with van der Waals surface area (Å²) in [7, 11) is 10.7. The number of allylic oxidation sites excluding steroid dienone is 2. The molecule has 0 bridgehead atoms. The van der Waals surface area contributed by atoms with Gasteiger partial charge in [-0.2, -0.15) is 20.5 Å². The fourth-order valence-electron chi connectivity index (χ4n) is 9.77. The third-order valence-corrected chi connectivity index (χ3v) is 13.0. The molecule has 0 radical (unpaired) electrons. The van der Waals surface area contributed by atoms with Gasteiger partial charge in [-0.05, 0) is 134 Å². The first-order valence-corrected chi connectivity index (χ1v) is 21.4. The topological polar surface area (TPSA) is 169 Å². The smallest absolute Gasteiger partial charge is 0.238 e. The van der Waals surface area contributed by atoms with Crippen molar-refractivity contribution in [1.82, 2.24) is 0 Å². The van der Waals surface area contributed by atoms with E-state index in [4.69, 9.17) is 9.47 Å². The maximum atomic E-state index is 14.8. The molecule has 330 valence electrons. The molecule has 4 amide bonds. The van der Waals surface area contributed by atoms with Gasteiger partial charge in [0.1, 0.15) is 0 Å². The molecule has 5 aromatic rings. The molecule has 4 aliphatic rings. The van der Waals surface area contributed by atoms with Gasteiger partial charge in [0.15, 0.2) is 11.5 Å². The number of phenolic OH excluding ortho intramolecular Hbond substituents is 1. The molecule has 2 aliphatic carbocycles. The van der Waals surface area contributed by atoms with Crippen LogP contribution in [0.3, 0.4) is 0 Å². The molecule has 9 rings (SSSR count). The van der Waals surface area contributed by atoms with Gasteiger partial charge in [0.2, 0.25) is 29.4 Å². The second-order valence-corrected chi connectivity index (χ2v) is 17.1. The summed E-state index contributed by atoms with van der Waals surface area (Å²) < 4.78 is 11.1. The third kappa shape index (κ3) is 7.66. The Kier molecular flexibility index (Phi) is 11.2. The van der Waals surface area contributed by atoms with E-state index in [1.54, 1.807) is 60.7 Å². The molecule has 3 fully saturated rings. The number of fused-ring (bicyclic) bond motifs is 4. The molecule has 15 nitrogen and oxygen atoms in total. The van der Waals surface area contributed by atoms with Gasteiger partial charge < -0.3 is 24.4 Å². The van der Waals surface area contributed by atoms with E-state index in [9.17, 15) is 24.3 Å². The molecule has 1 saturated carbocycles. The Balaban J connectivity index is 1.01. The van der Waals surface area contributed by atoms with E-state index >= 15 is 0 Å². The van der Waals surface area contributed by atoms with Crippen LogP contribution in [0.1, 0.15) is 24.3 Å². The van der Waals surface area contributed by atoms with Crippen LogP contribution in [0.5, 0.6) is 17.2 Å². The summed E-state index contributed by atoms with van der Waals surface area (Å²) in [6, 6.07) is 32.1. The molecular weight excluding hydrogens is 825 g/mol. The monoisotopic (exact) mass is 872 g/mol. The second-order valence-electron chi connectivity index (χ2n) is 17.1. The summed E-state index contributed by atoms with van der Waals surface area (Å²) in [5, 5.41) is 28.3. The van der Waals surface area contributed by atoms with E-state index in [-0.39, 0.29) is 41.9 Å². The number of ether oxygens (including phenoxy) is 2. The molecule has 65 heavy (non-hydrogen) atoms. The number of carbonyl (C=O) groups excluding carboxylic acids is 4. The fourth-order valence-corrected chi connectivity index (χ4v) is 9.77. The quantitative estimate of drug-likeness (QED) is 0.0772. The standard InChI is InChI=1S/C50H48N8O7/c1-55(2)33-15-7-29(8-16-33)51-53-31-11-19-35(20-12-31)57-47(60)38-24-23-37-39(44(38)49(57)62)27-40-45(43(37)28-25-41(64-5)46(59)42(26-28)65-6)50(63)58(48(40)61)36-21-13-32(14-22-36)54-52-30-9-17-34(18-10-30)56(3)4/h7-23,25-26,38-40,43-45,59H,24,27H2,1-6H3. The number of benzene rings is 5. The van der Waals surface area contributed by atoms with Gasteiger partial charge in [-0.25, -0.2) is 0 Å². The number of methoxy groups -OCH3 is 2. The molecular formula is C50H48N8O7. The number of aromatic hydroxyl groups is 1. The van der Waals surface area contributed by atoms with E-state index in [0.29, 0.717) is 39.7 Å². The largest absolute Gasteiger partial charge is 0.502 e. The van der Waals surface area contributed by atoms with Crippen LogP contribution in [0, 0.1) is 29.6 Å². The highest BCUT2D eigenvalue weighted by Crippen LogP contribution is 2.59. The summed E-state index contributed by atoms with van der Waals surface area (Å²) in [5.41, 5.74) is 6.65. The zero-order valence-electron chi connectivity index (χ0n) is 36.8. The highest BCUT2D eigenvalue weighted by molar-refractivity contribution is 6.24. The molecule has 6 unspecified atom stereocenters. The average molecular weight is 873 g/mol. The van der Waals surface area contributed by atoms with Gasteiger partial charge >= 0.3 is 0 Å². The Morgan fingerprint density at radius 1 is 0.538 bits per heavy atom. The zero-order valence-corrected chi connectivity index (χ0v) is 36.8. The Morgan fingerprint density at radius 2 is 0.938 bits per heavy atom. The van der Waals surface area contributed by atoms with Crippen LogP contribution in [0.25, 0.3) is 0 Å². The Hall–Kier alpha value is -7.68. The van der Waals surface area contributed by atoms with E-state index in [1.165, 1.54) is 24.0 Å². The van der Waals surface area contributed by atoms with Crippen molar-refractivity contribution in [3.63, 3.8) is 0 Å². The van der Waals surface area contributed by atoms with Crippen LogP contribution in [-0.4, -0.2) is 71.1 Å². The first-order chi connectivity index (χ1) is 31.4. The van der Waals surface area contributed by atoms with Gasteiger partial charge in [-0.1, -0.05) is 11.6 Å². The lowest BCUT2D eigenvalue weighted by Gasteiger charge is -2.44. The Morgan fingerprint density at radius 3 is 1.35 bits per heavy atom. The van der Waals surface area contributed by atoms with Crippen LogP contribution < -0.4 is 29.1 Å². The van der Waals surface area contributed by atoms with E-state index < -0.39 is 47.3 Å². The lowest BCUT2D eigenvalue weighted by molar-refractivity contribution is -0.126. The van der Waals surface area contributed by atoms with Crippen molar-refractivity contribution in [1.29, 1.82) is 0 Å². The van der Waals surface area contributed by atoms with Crippen LogP contribution in [0.2, 0.25) is 0 Å².